The van der Waals surface area contributed by atoms with E-state index in [0.29, 0.717) is 18.1 Å². The highest BCUT2D eigenvalue weighted by molar-refractivity contribution is 8.03. The number of nitrogens with zero attached hydrogens (tertiary/aromatic N) is 1. The van der Waals surface area contributed by atoms with Crippen LogP contribution >= 0.6 is 11.8 Å². The Morgan fingerprint density at radius 1 is 1.39 bits per heavy atom. The molecule has 1 fully saturated rings. The van der Waals surface area contributed by atoms with Crippen molar-refractivity contribution < 1.29 is 14.3 Å². The minimum Gasteiger partial charge on any atom is -0.478 e. The van der Waals surface area contributed by atoms with Crippen LogP contribution in [-0.2, 0) is 0 Å². The molecule has 0 amide bonds. The summed E-state index contributed by atoms with van der Waals surface area (Å²) in [6.45, 7) is 1.61. The molecule has 1 saturated heterocycles. The largest absolute Gasteiger partial charge is 0.478 e. The first kappa shape index (κ1) is 16.3. The van der Waals surface area contributed by atoms with E-state index in [1.54, 1.807) is 23.9 Å². The van der Waals surface area contributed by atoms with E-state index in [-0.39, 0.29) is 11.6 Å². The molecule has 3 atom stereocenters. The highest BCUT2D eigenvalue weighted by Crippen LogP contribution is 2.32. The Bertz CT molecular complexity index is 605. The van der Waals surface area contributed by atoms with E-state index in [0.717, 1.165) is 24.4 Å². The van der Waals surface area contributed by atoms with E-state index in [4.69, 9.17) is 5.11 Å². The summed E-state index contributed by atoms with van der Waals surface area (Å²) in [6.07, 6.45) is 0.548. The lowest BCUT2D eigenvalue weighted by Crippen LogP contribution is -2.49. The maximum absolute atomic E-state index is 13.7. The van der Waals surface area contributed by atoms with Crippen molar-refractivity contribution in [2.24, 2.45) is 0 Å². The fourth-order valence-electron chi connectivity index (χ4n) is 3.15. The number of benzene rings is 1. The van der Waals surface area contributed by atoms with E-state index in [1.807, 2.05) is 12.1 Å². The second kappa shape index (κ2) is 6.93. The number of hydrogen-bond acceptors (Lipinski definition) is 4. The van der Waals surface area contributed by atoms with Crippen molar-refractivity contribution in [1.82, 2.24) is 10.2 Å². The van der Waals surface area contributed by atoms with Gasteiger partial charge in [-0.2, -0.15) is 0 Å². The zero-order valence-electron chi connectivity index (χ0n) is 13.0. The van der Waals surface area contributed by atoms with Crippen LogP contribution in [-0.4, -0.2) is 53.6 Å². The van der Waals surface area contributed by atoms with Gasteiger partial charge in [0.25, 0.3) is 0 Å². The van der Waals surface area contributed by atoms with Crippen LogP contribution in [0.2, 0.25) is 0 Å². The summed E-state index contributed by atoms with van der Waals surface area (Å²) in [7, 11) is 2.07. The Morgan fingerprint density at radius 2 is 2.13 bits per heavy atom. The lowest BCUT2D eigenvalue weighted by Gasteiger charge is -2.40. The van der Waals surface area contributed by atoms with Gasteiger partial charge in [-0.15, -0.1) is 11.8 Å². The molecule has 0 radical (unpaired) electrons. The topological polar surface area (TPSA) is 52.6 Å². The molecule has 1 aromatic carbocycles. The van der Waals surface area contributed by atoms with Crippen molar-refractivity contribution >= 4 is 23.4 Å². The molecule has 2 heterocycles. The van der Waals surface area contributed by atoms with Crippen LogP contribution in [0.5, 0.6) is 0 Å². The SMILES string of the molecule is CN1CCC(F)CC1C1CNC(c2ccc(C(=O)O)cc2)=CS1. The van der Waals surface area contributed by atoms with Gasteiger partial charge in [0.05, 0.1) is 5.56 Å². The Labute approximate surface area is 139 Å². The zero-order chi connectivity index (χ0) is 16.4. The number of carboxylic acids is 1. The predicted molar refractivity (Wildman–Crippen MR) is 91.3 cm³/mol. The minimum absolute atomic E-state index is 0.253. The van der Waals surface area contributed by atoms with E-state index in [2.05, 4.69) is 22.7 Å². The molecular formula is C17H21FN2O2S. The first-order valence-corrected chi connectivity index (χ1v) is 8.76. The summed E-state index contributed by atoms with van der Waals surface area (Å²) in [4.78, 5) is 13.2. The first-order chi connectivity index (χ1) is 11.0. The van der Waals surface area contributed by atoms with Crippen LogP contribution in [0, 0.1) is 0 Å². The Kier molecular flexibility index (Phi) is 4.92. The number of nitrogens with one attached hydrogen (secondary N) is 1. The molecule has 124 valence electrons. The number of hydrogen-bond donors (Lipinski definition) is 2. The molecule has 6 heteroatoms. The molecule has 0 aromatic heterocycles. The molecular weight excluding hydrogens is 315 g/mol. The van der Waals surface area contributed by atoms with Crippen molar-refractivity contribution in [2.45, 2.75) is 30.3 Å². The van der Waals surface area contributed by atoms with Gasteiger partial charge in [0.2, 0.25) is 0 Å². The summed E-state index contributed by atoms with van der Waals surface area (Å²) in [5, 5.41) is 14.8. The monoisotopic (exact) mass is 336 g/mol. The lowest BCUT2D eigenvalue weighted by molar-refractivity contribution is 0.0697. The molecule has 4 nitrogen and oxygen atoms in total. The molecule has 2 N–H and O–H groups in total. The Morgan fingerprint density at radius 3 is 2.74 bits per heavy atom. The molecule has 0 aliphatic carbocycles. The fraction of sp³-hybridized carbons (Fsp3) is 0.471. The molecule has 0 spiro atoms. The van der Waals surface area contributed by atoms with E-state index < -0.39 is 12.1 Å². The lowest BCUT2D eigenvalue weighted by atomic mass is 9.98. The molecule has 3 unspecified atom stereocenters. The number of aromatic carboxylic acids is 1. The van der Waals surface area contributed by atoms with Crippen molar-refractivity contribution in [3.63, 3.8) is 0 Å². The number of alkyl halides is 1. The predicted octanol–water partition coefficient (Wildman–Crippen LogP) is 2.82. The summed E-state index contributed by atoms with van der Waals surface area (Å²) in [5.41, 5.74) is 2.26. The van der Waals surface area contributed by atoms with Crippen LogP contribution < -0.4 is 5.32 Å². The summed E-state index contributed by atoms with van der Waals surface area (Å²) in [5.74, 6) is -0.919. The number of rotatable bonds is 3. The average Bonchev–Trinajstić information content (AvgIpc) is 2.57. The Balaban J connectivity index is 1.67. The standard InChI is InChI=1S/C17H21FN2O2S/c1-20-7-6-13(18)8-15(20)16-9-19-14(10-23-16)11-2-4-12(5-3-11)17(21)22/h2-5,10,13,15-16,19H,6-9H2,1H3,(H,21,22). The number of carboxylic acid groups (broad SMARTS) is 1. The molecule has 2 aliphatic heterocycles. The van der Waals surface area contributed by atoms with Crippen molar-refractivity contribution in [3.8, 4) is 0 Å². The van der Waals surface area contributed by atoms with Gasteiger partial charge in [0.1, 0.15) is 6.17 Å². The highest BCUT2D eigenvalue weighted by atomic mass is 32.2. The van der Waals surface area contributed by atoms with Crippen LogP contribution in [0.1, 0.15) is 28.8 Å². The summed E-state index contributed by atoms with van der Waals surface area (Å²) < 4.78 is 13.7. The number of halogens is 1. The van der Waals surface area contributed by atoms with Gasteiger partial charge >= 0.3 is 5.97 Å². The zero-order valence-corrected chi connectivity index (χ0v) is 13.9. The number of piperidine rings is 1. The fourth-order valence-corrected chi connectivity index (χ4v) is 4.36. The average molecular weight is 336 g/mol. The van der Waals surface area contributed by atoms with Gasteiger partial charge in [-0.05, 0) is 43.0 Å². The van der Waals surface area contributed by atoms with Crippen LogP contribution in [0.3, 0.4) is 0 Å². The van der Waals surface area contributed by atoms with Gasteiger partial charge in [-0.3, -0.25) is 0 Å². The quantitative estimate of drug-likeness (QED) is 0.889. The molecule has 2 aliphatic rings. The van der Waals surface area contributed by atoms with Gasteiger partial charge in [0.15, 0.2) is 0 Å². The Hall–Kier alpha value is -1.53. The third-order valence-corrected chi connectivity index (χ3v) is 5.79. The third kappa shape index (κ3) is 3.70. The van der Waals surface area contributed by atoms with Gasteiger partial charge in [0, 0.05) is 30.1 Å². The minimum atomic E-state index is -0.919. The third-order valence-electron chi connectivity index (χ3n) is 4.58. The van der Waals surface area contributed by atoms with Gasteiger partial charge in [-0.25, -0.2) is 9.18 Å². The van der Waals surface area contributed by atoms with Gasteiger partial charge < -0.3 is 15.3 Å². The van der Waals surface area contributed by atoms with E-state index >= 15 is 0 Å². The van der Waals surface area contributed by atoms with Gasteiger partial charge in [-0.1, -0.05) is 12.1 Å². The second-order valence-corrected chi connectivity index (χ2v) is 7.25. The summed E-state index contributed by atoms with van der Waals surface area (Å²) in [6, 6.07) is 7.10. The van der Waals surface area contributed by atoms with Crippen molar-refractivity contribution in [3.05, 3.63) is 40.8 Å². The maximum Gasteiger partial charge on any atom is 0.335 e. The highest BCUT2D eigenvalue weighted by Gasteiger charge is 2.33. The van der Waals surface area contributed by atoms with E-state index in [1.165, 1.54) is 0 Å². The second-order valence-electron chi connectivity index (χ2n) is 6.14. The number of likely N-dealkylation sites (tertiary alicyclic amines) is 1. The molecule has 0 bridgehead atoms. The number of thioether (sulfide) groups is 1. The van der Waals surface area contributed by atoms with E-state index in [9.17, 15) is 9.18 Å². The van der Waals surface area contributed by atoms with Crippen LogP contribution in [0.25, 0.3) is 5.70 Å². The molecule has 23 heavy (non-hydrogen) atoms. The molecule has 0 saturated carbocycles. The van der Waals surface area contributed by atoms with Crippen LogP contribution in [0.15, 0.2) is 29.7 Å². The normalized spacial score (nSPS) is 28.8. The maximum atomic E-state index is 13.7. The first-order valence-electron chi connectivity index (χ1n) is 7.82. The van der Waals surface area contributed by atoms with Crippen LogP contribution in [0.4, 0.5) is 4.39 Å². The molecule has 3 rings (SSSR count). The number of carbonyl (C=O) groups is 1. The summed E-state index contributed by atoms with van der Waals surface area (Å²) >= 11 is 1.74. The van der Waals surface area contributed by atoms with Crippen molar-refractivity contribution in [2.75, 3.05) is 20.1 Å². The van der Waals surface area contributed by atoms with Crippen molar-refractivity contribution in [1.29, 1.82) is 0 Å². The molecule has 1 aromatic rings. The smallest absolute Gasteiger partial charge is 0.335 e.